The van der Waals surface area contributed by atoms with Crippen LogP contribution in [0.1, 0.15) is 21.5 Å². The molecule has 11 heteroatoms. The lowest BCUT2D eigenvalue weighted by Crippen LogP contribution is -2.15. The first-order chi connectivity index (χ1) is 15.6. The van der Waals surface area contributed by atoms with E-state index < -0.39 is 37.7 Å². The van der Waals surface area contributed by atoms with Crippen molar-refractivity contribution >= 4 is 42.1 Å². The van der Waals surface area contributed by atoms with Crippen molar-refractivity contribution in [2.75, 3.05) is 7.11 Å². The van der Waals surface area contributed by atoms with Crippen LogP contribution in [-0.4, -0.2) is 29.9 Å². The van der Waals surface area contributed by atoms with Crippen molar-refractivity contribution in [3.8, 4) is 11.5 Å². The minimum atomic E-state index is -4.16. The van der Waals surface area contributed by atoms with Crippen molar-refractivity contribution in [2.24, 2.45) is 0 Å². The third kappa shape index (κ3) is 7.04. The molecule has 0 aliphatic heterocycles. The molecule has 0 unspecified atom stereocenters. The van der Waals surface area contributed by atoms with Gasteiger partial charge in [-0.05, 0) is 39.2 Å². The van der Waals surface area contributed by atoms with Crippen molar-refractivity contribution < 1.29 is 34.7 Å². The molecule has 33 heavy (non-hydrogen) atoms. The Morgan fingerprint density at radius 1 is 0.758 bits per heavy atom. The highest BCUT2D eigenvalue weighted by molar-refractivity contribution is 9.10. The number of carbonyl (C=O) groups is 1. The SMILES string of the molecule is COC(=O)c1cc(OS(=O)(=O)Cc2ccccc2)c(Br)c(OS(=O)(=O)Cc2ccccc2)c1. The molecular weight excluding hydrogens is 536 g/mol. The highest BCUT2D eigenvalue weighted by Crippen LogP contribution is 2.38. The lowest BCUT2D eigenvalue weighted by molar-refractivity contribution is 0.0600. The zero-order valence-corrected chi connectivity index (χ0v) is 20.5. The molecule has 3 aromatic carbocycles. The third-order valence-electron chi connectivity index (χ3n) is 4.23. The molecule has 0 radical (unpaired) electrons. The summed E-state index contributed by atoms with van der Waals surface area (Å²) < 4.78 is 65.3. The van der Waals surface area contributed by atoms with Crippen molar-refractivity contribution in [3.63, 3.8) is 0 Å². The Balaban J connectivity index is 1.94. The summed E-state index contributed by atoms with van der Waals surface area (Å²) in [5.74, 6) is -2.35. The number of rotatable bonds is 9. The third-order valence-corrected chi connectivity index (χ3v) is 7.26. The Labute approximate surface area is 200 Å². The quantitative estimate of drug-likeness (QED) is 0.287. The van der Waals surface area contributed by atoms with Gasteiger partial charge in [-0.2, -0.15) is 16.8 Å². The molecule has 0 aromatic heterocycles. The molecular formula is C22H19BrO8S2. The van der Waals surface area contributed by atoms with Crippen molar-refractivity contribution in [2.45, 2.75) is 11.5 Å². The van der Waals surface area contributed by atoms with Gasteiger partial charge < -0.3 is 13.1 Å². The predicted molar refractivity (Wildman–Crippen MR) is 125 cm³/mol. The molecule has 0 aliphatic carbocycles. The first kappa shape index (κ1) is 24.7. The number of halogens is 1. The molecule has 3 rings (SSSR count). The standard InChI is InChI=1S/C22H19BrO8S2/c1-29-22(24)18-12-19(30-32(25,26)14-16-8-4-2-5-9-16)21(23)20(13-18)31-33(27,28)15-17-10-6-3-7-11-17/h2-13H,14-15H2,1H3. The lowest BCUT2D eigenvalue weighted by atomic mass is 10.2. The summed E-state index contributed by atoms with van der Waals surface area (Å²) in [6.45, 7) is 0. The number of carbonyl (C=O) groups excluding carboxylic acids is 1. The van der Waals surface area contributed by atoms with Gasteiger partial charge in [-0.1, -0.05) is 60.7 Å². The van der Waals surface area contributed by atoms with Gasteiger partial charge in [0.25, 0.3) is 0 Å². The van der Waals surface area contributed by atoms with E-state index in [9.17, 15) is 21.6 Å². The lowest BCUT2D eigenvalue weighted by Gasteiger charge is -2.14. The average Bonchev–Trinajstić information content (AvgIpc) is 2.76. The maximum Gasteiger partial charge on any atom is 0.338 e. The maximum atomic E-state index is 12.6. The number of ether oxygens (including phenoxy) is 1. The summed E-state index contributed by atoms with van der Waals surface area (Å²) in [5.41, 5.74) is 0.815. The van der Waals surface area contributed by atoms with Crippen LogP contribution in [0.15, 0.2) is 77.3 Å². The summed E-state index contributed by atoms with van der Waals surface area (Å²) in [4.78, 5) is 12.1. The molecule has 0 saturated heterocycles. The van der Waals surface area contributed by atoms with E-state index in [1.165, 1.54) is 0 Å². The summed E-state index contributed by atoms with van der Waals surface area (Å²) >= 11 is 3.13. The van der Waals surface area contributed by atoms with Crippen LogP contribution in [0.3, 0.4) is 0 Å². The largest absolute Gasteiger partial charge is 0.465 e. The van der Waals surface area contributed by atoms with Gasteiger partial charge >= 0.3 is 26.2 Å². The van der Waals surface area contributed by atoms with Crippen LogP contribution >= 0.6 is 15.9 Å². The Morgan fingerprint density at radius 3 is 1.52 bits per heavy atom. The molecule has 0 heterocycles. The van der Waals surface area contributed by atoms with E-state index in [4.69, 9.17) is 8.37 Å². The number of hydrogen-bond donors (Lipinski definition) is 0. The smallest absolute Gasteiger partial charge is 0.338 e. The average molecular weight is 555 g/mol. The second-order valence-corrected chi connectivity index (χ2v) is 10.8. The molecule has 0 amide bonds. The topological polar surface area (TPSA) is 113 Å². The fraction of sp³-hybridized carbons (Fsp3) is 0.136. The van der Waals surface area contributed by atoms with Crippen LogP contribution in [0.2, 0.25) is 0 Å². The van der Waals surface area contributed by atoms with Gasteiger partial charge in [-0.3, -0.25) is 0 Å². The molecule has 0 N–H and O–H groups in total. The van der Waals surface area contributed by atoms with E-state index in [0.29, 0.717) is 11.1 Å². The van der Waals surface area contributed by atoms with Gasteiger partial charge in [-0.15, -0.1) is 0 Å². The molecule has 0 spiro atoms. The van der Waals surface area contributed by atoms with Crippen molar-refractivity contribution in [1.29, 1.82) is 0 Å². The summed E-state index contributed by atoms with van der Waals surface area (Å²) in [6, 6.07) is 18.9. The van der Waals surface area contributed by atoms with Crippen LogP contribution < -0.4 is 8.37 Å². The van der Waals surface area contributed by atoms with Crippen LogP contribution in [0.5, 0.6) is 11.5 Å². The molecule has 3 aromatic rings. The zero-order valence-electron chi connectivity index (χ0n) is 17.3. The molecule has 0 fully saturated rings. The maximum absolute atomic E-state index is 12.6. The molecule has 0 bridgehead atoms. The van der Waals surface area contributed by atoms with Gasteiger partial charge in [0.05, 0.1) is 12.7 Å². The fourth-order valence-corrected chi connectivity index (χ4v) is 5.55. The molecule has 0 saturated carbocycles. The van der Waals surface area contributed by atoms with Crippen molar-refractivity contribution in [1.82, 2.24) is 0 Å². The number of hydrogen-bond acceptors (Lipinski definition) is 8. The minimum Gasteiger partial charge on any atom is -0.465 e. The first-order valence-electron chi connectivity index (χ1n) is 9.42. The number of esters is 1. The van der Waals surface area contributed by atoms with Gasteiger partial charge in [0, 0.05) is 0 Å². The summed E-state index contributed by atoms with van der Waals surface area (Å²) in [7, 11) is -7.18. The molecule has 0 atom stereocenters. The Morgan fingerprint density at radius 2 is 1.15 bits per heavy atom. The van der Waals surface area contributed by atoms with E-state index in [-0.39, 0.29) is 21.5 Å². The van der Waals surface area contributed by atoms with E-state index >= 15 is 0 Å². The second-order valence-electron chi connectivity index (χ2n) is 6.82. The predicted octanol–water partition coefficient (Wildman–Crippen LogP) is 4.05. The van der Waals surface area contributed by atoms with Gasteiger partial charge in [0.15, 0.2) is 11.5 Å². The molecule has 0 aliphatic rings. The van der Waals surface area contributed by atoms with E-state index in [0.717, 1.165) is 19.2 Å². The Kier molecular flexibility index (Phi) is 7.77. The van der Waals surface area contributed by atoms with Gasteiger partial charge in [0.2, 0.25) is 0 Å². The van der Waals surface area contributed by atoms with Crippen LogP contribution in [0.4, 0.5) is 0 Å². The zero-order chi connectivity index (χ0) is 24.1. The molecule has 174 valence electrons. The van der Waals surface area contributed by atoms with E-state index in [1.807, 2.05) is 0 Å². The van der Waals surface area contributed by atoms with E-state index in [2.05, 4.69) is 20.7 Å². The monoisotopic (exact) mass is 554 g/mol. The Bertz CT molecular complexity index is 1250. The highest BCUT2D eigenvalue weighted by atomic mass is 79.9. The number of methoxy groups -OCH3 is 1. The van der Waals surface area contributed by atoms with Gasteiger partial charge in [-0.25, -0.2) is 4.79 Å². The molecule has 8 nitrogen and oxygen atoms in total. The van der Waals surface area contributed by atoms with E-state index in [1.54, 1.807) is 60.7 Å². The highest BCUT2D eigenvalue weighted by Gasteiger charge is 2.24. The number of benzene rings is 3. The van der Waals surface area contributed by atoms with Gasteiger partial charge in [0.1, 0.15) is 16.0 Å². The van der Waals surface area contributed by atoms with Crippen LogP contribution in [-0.2, 0) is 36.5 Å². The normalized spacial score (nSPS) is 11.6. The summed E-state index contributed by atoms with van der Waals surface area (Å²) in [6.07, 6.45) is 0. The van der Waals surface area contributed by atoms with Crippen LogP contribution in [0.25, 0.3) is 0 Å². The Hall–Kier alpha value is -2.89. The first-order valence-corrected chi connectivity index (χ1v) is 13.4. The van der Waals surface area contributed by atoms with Crippen molar-refractivity contribution in [3.05, 3.63) is 94.0 Å². The minimum absolute atomic E-state index is 0.0940. The van der Waals surface area contributed by atoms with Crippen LogP contribution in [0, 0.1) is 0 Å². The second kappa shape index (κ2) is 10.4. The summed E-state index contributed by atoms with van der Waals surface area (Å²) in [5, 5.41) is 0. The fourth-order valence-electron chi connectivity index (χ4n) is 2.82.